The number of fused-ring (bicyclic) bond motifs is 1. The van der Waals surface area contributed by atoms with Gasteiger partial charge >= 0.3 is 5.97 Å². The van der Waals surface area contributed by atoms with Crippen LogP contribution in [0.25, 0.3) is 10.9 Å². The molecule has 0 spiro atoms. The molecular formula is C22H21BrClN3O4. The van der Waals surface area contributed by atoms with Gasteiger partial charge in [-0.2, -0.15) is 9.78 Å². The van der Waals surface area contributed by atoms with E-state index in [1.807, 2.05) is 13.0 Å². The van der Waals surface area contributed by atoms with Gasteiger partial charge in [-0.15, -0.1) is 0 Å². The molecule has 1 heterocycles. The van der Waals surface area contributed by atoms with Crippen molar-refractivity contribution in [3.05, 3.63) is 67.6 Å². The average molecular weight is 507 g/mol. The van der Waals surface area contributed by atoms with E-state index < -0.39 is 12.1 Å². The zero-order chi connectivity index (χ0) is 22.5. The third-order valence-corrected chi connectivity index (χ3v) is 5.20. The number of ether oxygens (including phenoxy) is 2. The van der Waals surface area contributed by atoms with Gasteiger partial charge in [-0.25, -0.2) is 9.78 Å². The lowest BCUT2D eigenvalue weighted by Crippen LogP contribution is -2.25. The van der Waals surface area contributed by atoms with Crippen LogP contribution >= 0.6 is 27.5 Å². The number of hydrogen-bond acceptors (Lipinski definition) is 6. The summed E-state index contributed by atoms with van der Waals surface area (Å²) in [5, 5.41) is 5.31. The van der Waals surface area contributed by atoms with Gasteiger partial charge < -0.3 is 9.47 Å². The molecule has 3 aromatic rings. The van der Waals surface area contributed by atoms with E-state index in [0.29, 0.717) is 39.5 Å². The van der Waals surface area contributed by atoms with Crippen LogP contribution in [0.2, 0.25) is 5.02 Å². The maximum Gasteiger partial charge on any atom is 0.346 e. The number of aromatic nitrogens is 2. The van der Waals surface area contributed by atoms with Crippen molar-refractivity contribution in [1.82, 2.24) is 9.66 Å². The van der Waals surface area contributed by atoms with E-state index in [2.05, 4.69) is 26.0 Å². The SMILES string of the molecule is CCCc1nc2ccc(Br)cc2c(=O)n1N=Cc1cc(Cl)ccc1O[C@H](C)C(=O)OC. The Morgan fingerprint density at radius 2 is 2.10 bits per heavy atom. The quantitative estimate of drug-likeness (QED) is 0.346. The number of aryl methyl sites for hydroxylation is 1. The van der Waals surface area contributed by atoms with Crippen molar-refractivity contribution in [2.75, 3.05) is 7.11 Å². The summed E-state index contributed by atoms with van der Waals surface area (Å²) >= 11 is 9.53. The fraction of sp³-hybridized carbons (Fsp3) is 0.273. The number of carbonyl (C=O) groups is 1. The maximum absolute atomic E-state index is 13.1. The molecule has 0 aliphatic heterocycles. The lowest BCUT2D eigenvalue weighted by atomic mass is 10.2. The van der Waals surface area contributed by atoms with E-state index in [0.717, 1.165) is 10.9 Å². The second-order valence-corrected chi connectivity index (χ2v) is 8.12. The fourth-order valence-corrected chi connectivity index (χ4v) is 3.49. The van der Waals surface area contributed by atoms with Crippen LogP contribution in [0.4, 0.5) is 0 Å². The number of esters is 1. The lowest BCUT2D eigenvalue weighted by Gasteiger charge is -2.14. The van der Waals surface area contributed by atoms with Gasteiger partial charge in [-0.3, -0.25) is 4.79 Å². The van der Waals surface area contributed by atoms with Gasteiger partial charge in [0.05, 0.1) is 24.2 Å². The first-order chi connectivity index (χ1) is 14.8. The Labute approximate surface area is 192 Å². The van der Waals surface area contributed by atoms with Crippen molar-refractivity contribution >= 4 is 50.6 Å². The third-order valence-electron chi connectivity index (χ3n) is 4.47. The summed E-state index contributed by atoms with van der Waals surface area (Å²) in [6.45, 7) is 3.58. The zero-order valence-electron chi connectivity index (χ0n) is 17.3. The van der Waals surface area contributed by atoms with Crippen LogP contribution in [0.5, 0.6) is 5.75 Å². The molecule has 0 N–H and O–H groups in total. The molecule has 0 fully saturated rings. The Morgan fingerprint density at radius 3 is 2.81 bits per heavy atom. The van der Waals surface area contributed by atoms with Crippen molar-refractivity contribution in [1.29, 1.82) is 0 Å². The Hall–Kier alpha value is -2.71. The van der Waals surface area contributed by atoms with Gasteiger partial charge in [0.25, 0.3) is 5.56 Å². The number of carbonyl (C=O) groups excluding carboxylic acids is 1. The van der Waals surface area contributed by atoms with Crippen molar-refractivity contribution in [3.8, 4) is 5.75 Å². The van der Waals surface area contributed by atoms with E-state index in [1.165, 1.54) is 18.0 Å². The first kappa shape index (κ1) is 23.0. The first-order valence-corrected chi connectivity index (χ1v) is 10.8. The van der Waals surface area contributed by atoms with Crippen LogP contribution in [-0.4, -0.2) is 35.1 Å². The van der Waals surface area contributed by atoms with E-state index in [1.54, 1.807) is 37.3 Å². The maximum atomic E-state index is 13.1. The molecule has 3 rings (SSSR count). The van der Waals surface area contributed by atoms with Gasteiger partial charge in [0.2, 0.25) is 0 Å². The molecule has 0 aliphatic carbocycles. The molecule has 0 saturated heterocycles. The van der Waals surface area contributed by atoms with Crippen LogP contribution < -0.4 is 10.3 Å². The van der Waals surface area contributed by atoms with Crippen LogP contribution in [-0.2, 0) is 16.0 Å². The summed E-state index contributed by atoms with van der Waals surface area (Å²) in [7, 11) is 1.29. The third kappa shape index (κ3) is 5.32. The summed E-state index contributed by atoms with van der Waals surface area (Å²) in [6.07, 6.45) is 2.02. The molecule has 0 saturated carbocycles. The Bertz CT molecular complexity index is 1210. The number of rotatable bonds is 7. The Balaban J connectivity index is 2.08. The second kappa shape index (κ2) is 10.1. The highest BCUT2D eigenvalue weighted by Crippen LogP contribution is 2.23. The molecule has 0 unspecified atom stereocenters. The molecule has 1 aromatic heterocycles. The highest BCUT2D eigenvalue weighted by atomic mass is 79.9. The van der Waals surface area contributed by atoms with Crippen molar-refractivity contribution in [2.24, 2.45) is 5.10 Å². The predicted molar refractivity (Wildman–Crippen MR) is 124 cm³/mol. The number of hydrogen-bond donors (Lipinski definition) is 0. The predicted octanol–water partition coefficient (Wildman–Crippen LogP) is 4.59. The Morgan fingerprint density at radius 1 is 1.32 bits per heavy atom. The van der Waals surface area contributed by atoms with Crippen LogP contribution in [0.15, 0.2) is 50.8 Å². The molecule has 7 nitrogen and oxygen atoms in total. The summed E-state index contributed by atoms with van der Waals surface area (Å²) < 4.78 is 12.5. The standard InChI is InChI=1S/C22H21BrClN3O4/c1-4-5-20-26-18-8-6-15(23)11-17(18)21(28)27(20)25-12-14-10-16(24)7-9-19(14)31-13(2)22(29)30-3/h6-13H,4-5H2,1-3H3/t13-/m1/s1. The van der Waals surface area contributed by atoms with Crippen molar-refractivity contribution < 1.29 is 14.3 Å². The van der Waals surface area contributed by atoms with Gasteiger partial charge in [0.15, 0.2) is 6.10 Å². The second-order valence-electron chi connectivity index (χ2n) is 6.77. The minimum Gasteiger partial charge on any atom is -0.478 e. The van der Waals surface area contributed by atoms with E-state index in [4.69, 9.17) is 21.1 Å². The Kier molecular flexibility index (Phi) is 7.46. The summed E-state index contributed by atoms with van der Waals surface area (Å²) in [6, 6.07) is 10.3. The van der Waals surface area contributed by atoms with Crippen LogP contribution in [0, 0.1) is 0 Å². The van der Waals surface area contributed by atoms with Crippen molar-refractivity contribution in [3.63, 3.8) is 0 Å². The van der Waals surface area contributed by atoms with E-state index >= 15 is 0 Å². The topological polar surface area (TPSA) is 82.8 Å². The molecule has 1 atom stereocenters. The molecule has 31 heavy (non-hydrogen) atoms. The number of nitrogens with zero attached hydrogens (tertiary/aromatic N) is 3. The molecule has 0 aliphatic rings. The number of methoxy groups -OCH3 is 1. The minimum atomic E-state index is -0.823. The first-order valence-electron chi connectivity index (χ1n) is 9.63. The van der Waals surface area contributed by atoms with E-state index in [9.17, 15) is 9.59 Å². The smallest absolute Gasteiger partial charge is 0.346 e. The summed E-state index contributed by atoms with van der Waals surface area (Å²) in [5.41, 5.74) is 0.840. The molecule has 9 heteroatoms. The normalized spacial score (nSPS) is 12.3. The molecular weight excluding hydrogens is 486 g/mol. The van der Waals surface area contributed by atoms with Gasteiger partial charge in [0, 0.05) is 21.5 Å². The fourth-order valence-electron chi connectivity index (χ4n) is 2.95. The largest absolute Gasteiger partial charge is 0.478 e. The van der Waals surface area contributed by atoms with Crippen LogP contribution in [0.1, 0.15) is 31.7 Å². The lowest BCUT2D eigenvalue weighted by molar-refractivity contribution is -0.147. The summed E-state index contributed by atoms with van der Waals surface area (Å²) in [5.74, 6) is 0.419. The molecule has 0 bridgehead atoms. The van der Waals surface area contributed by atoms with Gasteiger partial charge in [0.1, 0.15) is 11.6 Å². The number of halogens is 2. The molecule has 2 aromatic carbocycles. The highest BCUT2D eigenvalue weighted by molar-refractivity contribution is 9.10. The zero-order valence-corrected chi connectivity index (χ0v) is 19.6. The van der Waals surface area contributed by atoms with Crippen molar-refractivity contribution in [2.45, 2.75) is 32.8 Å². The molecule has 0 radical (unpaired) electrons. The van der Waals surface area contributed by atoms with Gasteiger partial charge in [-0.1, -0.05) is 34.5 Å². The highest BCUT2D eigenvalue weighted by Gasteiger charge is 2.17. The molecule has 162 valence electrons. The molecule has 0 amide bonds. The van der Waals surface area contributed by atoms with Gasteiger partial charge in [-0.05, 0) is 49.7 Å². The monoisotopic (exact) mass is 505 g/mol. The number of benzene rings is 2. The minimum absolute atomic E-state index is 0.279. The van der Waals surface area contributed by atoms with E-state index in [-0.39, 0.29) is 5.56 Å². The average Bonchev–Trinajstić information content (AvgIpc) is 2.75. The van der Waals surface area contributed by atoms with Crippen LogP contribution in [0.3, 0.4) is 0 Å². The summed E-state index contributed by atoms with van der Waals surface area (Å²) in [4.78, 5) is 29.5.